The van der Waals surface area contributed by atoms with E-state index in [1.165, 1.54) is 12.3 Å². The fourth-order valence-electron chi connectivity index (χ4n) is 2.24. The molecule has 3 rings (SSSR count). The topological polar surface area (TPSA) is 90.4 Å². The molecule has 0 aliphatic rings. The molecule has 0 radical (unpaired) electrons. The Morgan fingerprint density at radius 2 is 2.00 bits per heavy atom. The molecule has 1 aromatic carbocycles. The van der Waals surface area contributed by atoms with E-state index in [9.17, 15) is 8.42 Å². The van der Waals surface area contributed by atoms with Crippen molar-refractivity contribution in [3.63, 3.8) is 0 Å². The summed E-state index contributed by atoms with van der Waals surface area (Å²) in [5.41, 5.74) is 0.987. The number of fused-ring (bicyclic) bond motifs is 1. The zero-order valence-corrected chi connectivity index (χ0v) is 14.4. The highest BCUT2D eigenvalue weighted by Crippen LogP contribution is 2.30. The Bertz CT molecular complexity index is 903. The largest absolute Gasteiger partial charge is 0.274 e. The van der Waals surface area contributed by atoms with Crippen molar-refractivity contribution in [2.24, 2.45) is 5.14 Å². The Kier molecular flexibility index (Phi) is 4.05. The molecular weight excluding hydrogens is 332 g/mol. The Balaban J connectivity index is 1.88. The summed E-state index contributed by atoms with van der Waals surface area (Å²) in [6, 6.07) is 11.2. The van der Waals surface area contributed by atoms with Crippen molar-refractivity contribution in [1.29, 1.82) is 0 Å². The molecule has 3 aromatic rings. The van der Waals surface area contributed by atoms with E-state index in [2.05, 4.69) is 23.0 Å². The number of thiazole rings is 1. The Morgan fingerprint density at radius 1 is 1.26 bits per heavy atom. The van der Waals surface area contributed by atoms with Crippen molar-refractivity contribution in [3.05, 3.63) is 47.6 Å². The van der Waals surface area contributed by atoms with Gasteiger partial charge in [-0.05, 0) is 25.1 Å². The van der Waals surface area contributed by atoms with E-state index < -0.39 is 10.0 Å². The maximum absolute atomic E-state index is 11.3. The maximum atomic E-state index is 11.3. The van der Waals surface area contributed by atoms with Gasteiger partial charge in [0.25, 0.3) is 5.82 Å². The third-order valence-corrected chi connectivity index (χ3v) is 5.84. The van der Waals surface area contributed by atoms with Crippen LogP contribution in [0.4, 0.5) is 5.82 Å². The van der Waals surface area contributed by atoms with Gasteiger partial charge in [0, 0.05) is 6.07 Å². The van der Waals surface area contributed by atoms with Crippen molar-refractivity contribution >= 4 is 37.4 Å². The lowest BCUT2D eigenvalue weighted by atomic mass is 10.3. The number of nitrogens with one attached hydrogen (secondary N) is 1. The second kappa shape index (κ2) is 5.88. The molecular formula is C15H17N4O2S2+. The monoisotopic (exact) mass is 349 g/mol. The molecule has 2 heterocycles. The number of sulfonamides is 1. The van der Waals surface area contributed by atoms with Crippen LogP contribution in [0, 0.1) is 0 Å². The van der Waals surface area contributed by atoms with E-state index >= 15 is 0 Å². The standard InChI is InChI=1S/C15H16N4O2S2/c1-10(15-18-12-5-3-4-6-13(12)22-15)19(2)14-8-7-11(9-17-14)23(16,20)21/h3-10H,1-2H3,(H2,16,20,21)/p+1/t10-/m1/s1. The fourth-order valence-corrected chi connectivity index (χ4v) is 3.79. The van der Waals surface area contributed by atoms with E-state index in [4.69, 9.17) is 5.14 Å². The Labute approximate surface area is 138 Å². The first-order chi connectivity index (χ1) is 10.9. The maximum Gasteiger partial charge on any atom is 0.274 e. The van der Waals surface area contributed by atoms with Gasteiger partial charge in [0.2, 0.25) is 10.0 Å². The van der Waals surface area contributed by atoms with Crippen LogP contribution in [0.5, 0.6) is 0 Å². The summed E-state index contributed by atoms with van der Waals surface area (Å²) in [6.07, 6.45) is 1.40. The van der Waals surface area contributed by atoms with E-state index in [0.717, 1.165) is 21.0 Å². The average molecular weight is 349 g/mol. The van der Waals surface area contributed by atoms with Gasteiger partial charge in [0.1, 0.15) is 22.1 Å². The molecule has 0 spiro atoms. The average Bonchev–Trinajstić information content (AvgIpc) is 2.96. The number of nitrogens with zero attached hydrogens (tertiary/aromatic N) is 2. The zero-order chi connectivity index (χ0) is 16.6. The summed E-state index contributed by atoms with van der Waals surface area (Å²) in [5, 5.41) is 6.10. The van der Waals surface area contributed by atoms with Crippen LogP contribution in [0.15, 0.2) is 47.5 Å². The second-order valence-electron chi connectivity index (χ2n) is 5.26. The SMILES string of the molecule is C[C@H](c1nc2ccccc2s1)N(C)c1ccc(S(N)(=O)=O)c[nH+]1. The third kappa shape index (κ3) is 3.19. The number of H-pyrrole nitrogens is 1. The lowest BCUT2D eigenvalue weighted by molar-refractivity contribution is -0.367. The summed E-state index contributed by atoms with van der Waals surface area (Å²) in [4.78, 5) is 9.70. The van der Waals surface area contributed by atoms with E-state index in [-0.39, 0.29) is 10.9 Å². The third-order valence-electron chi connectivity index (χ3n) is 3.73. The number of nitrogens with two attached hydrogens (primary N) is 1. The Hall–Kier alpha value is -2.03. The number of aromatic nitrogens is 2. The van der Waals surface area contributed by atoms with Gasteiger partial charge in [0.15, 0.2) is 0 Å². The summed E-state index contributed by atoms with van der Waals surface area (Å²) in [7, 11) is -1.77. The number of hydrogen-bond donors (Lipinski definition) is 1. The normalized spacial score (nSPS) is 13.2. The van der Waals surface area contributed by atoms with Crippen molar-refractivity contribution in [3.8, 4) is 0 Å². The predicted octanol–water partition coefficient (Wildman–Crippen LogP) is 1.96. The van der Waals surface area contributed by atoms with Crippen molar-refractivity contribution in [1.82, 2.24) is 4.98 Å². The van der Waals surface area contributed by atoms with Gasteiger partial charge in [-0.15, -0.1) is 11.3 Å². The molecule has 0 fully saturated rings. The van der Waals surface area contributed by atoms with Gasteiger partial charge in [-0.1, -0.05) is 12.1 Å². The minimum absolute atomic E-state index is 0.0454. The summed E-state index contributed by atoms with van der Waals surface area (Å²) < 4.78 is 23.8. The van der Waals surface area contributed by atoms with E-state index in [1.807, 2.05) is 30.1 Å². The molecule has 0 aliphatic heterocycles. The molecule has 6 nitrogen and oxygen atoms in total. The number of hydrogen-bond acceptors (Lipinski definition) is 5. The van der Waals surface area contributed by atoms with E-state index in [0.29, 0.717) is 0 Å². The van der Waals surface area contributed by atoms with Crippen LogP contribution < -0.4 is 15.0 Å². The number of primary sulfonamides is 1. The molecule has 1 atom stereocenters. The zero-order valence-electron chi connectivity index (χ0n) is 12.7. The molecule has 23 heavy (non-hydrogen) atoms. The van der Waals surface area contributed by atoms with Crippen LogP contribution >= 0.6 is 11.3 Å². The quantitative estimate of drug-likeness (QED) is 0.779. The van der Waals surface area contributed by atoms with Crippen LogP contribution in [0.3, 0.4) is 0 Å². The summed E-state index contributed by atoms with van der Waals surface area (Å²) >= 11 is 1.65. The second-order valence-corrected chi connectivity index (χ2v) is 7.88. The van der Waals surface area contributed by atoms with Gasteiger partial charge >= 0.3 is 0 Å². The minimum atomic E-state index is -3.70. The molecule has 0 unspecified atom stereocenters. The molecule has 0 amide bonds. The highest BCUT2D eigenvalue weighted by molar-refractivity contribution is 7.89. The first kappa shape index (κ1) is 15.9. The van der Waals surface area contributed by atoms with Crippen molar-refractivity contribution in [2.75, 3.05) is 11.9 Å². The van der Waals surface area contributed by atoms with Gasteiger partial charge in [-0.2, -0.15) is 0 Å². The van der Waals surface area contributed by atoms with Crippen LogP contribution in [0.1, 0.15) is 18.0 Å². The van der Waals surface area contributed by atoms with Crippen molar-refractivity contribution in [2.45, 2.75) is 17.9 Å². The molecule has 0 aliphatic carbocycles. The molecule has 0 saturated heterocycles. The van der Waals surface area contributed by atoms with Crippen molar-refractivity contribution < 1.29 is 13.4 Å². The first-order valence-corrected chi connectivity index (χ1v) is 9.35. The number of rotatable bonds is 4. The summed E-state index contributed by atoms with van der Waals surface area (Å²) in [6.45, 7) is 2.05. The number of para-hydroxylation sites is 1. The minimum Gasteiger partial charge on any atom is -0.255 e. The summed E-state index contributed by atoms with van der Waals surface area (Å²) in [5.74, 6) is 0.782. The smallest absolute Gasteiger partial charge is 0.255 e. The fraction of sp³-hybridized carbons (Fsp3) is 0.200. The first-order valence-electron chi connectivity index (χ1n) is 6.99. The van der Waals surface area contributed by atoms with E-state index in [1.54, 1.807) is 17.4 Å². The molecule has 2 aromatic heterocycles. The molecule has 0 bridgehead atoms. The van der Waals surface area contributed by atoms with Crippen LogP contribution in [0.2, 0.25) is 0 Å². The van der Waals surface area contributed by atoms with Gasteiger partial charge in [0.05, 0.1) is 17.3 Å². The van der Waals surface area contributed by atoms with Gasteiger partial charge in [-0.25, -0.2) is 23.5 Å². The molecule has 8 heteroatoms. The van der Waals surface area contributed by atoms with Crippen LogP contribution in [-0.2, 0) is 10.0 Å². The number of aromatic amines is 1. The number of benzene rings is 1. The highest BCUT2D eigenvalue weighted by Gasteiger charge is 2.23. The number of anilines is 1. The predicted molar refractivity (Wildman–Crippen MR) is 90.8 cm³/mol. The Morgan fingerprint density at radius 3 is 2.61 bits per heavy atom. The lowest BCUT2D eigenvalue weighted by Crippen LogP contribution is -2.28. The number of pyridine rings is 1. The lowest BCUT2D eigenvalue weighted by Gasteiger charge is -2.17. The van der Waals surface area contributed by atoms with Crippen LogP contribution in [0.25, 0.3) is 10.2 Å². The molecule has 0 saturated carbocycles. The van der Waals surface area contributed by atoms with Crippen LogP contribution in [-0.4, -0.2) is 20.4 Å². The molecule has 3 N–H and O–H groups in total. The van der Waals surface area contributed by atoms with Gasteiger partial charge in [-0.3, -0.25) is 4.90 Å². The highest BCUT2D eigenvalue weighted by atomic mass is 32.2. The molecule has 120 valence electrons. The van der Waals surface area contributed by atoms with Gasteiger partial charge < -0.3 is 0 Å².